The van der Waals surface area contributed by atoms with Gasteiger partial charge in [-0.25, -0.2) is 4.79 Å². The van der Waals surface area contributed by atoms with E-state index in [0.29, 0.717) is 11.4 Å². The third kappa shape index (κ3) is 6.15. The number of carboxylic acid groups (broad SMARTS) is 1. The first-order chi connectivity index (χ1) is 12.0. The fraction of sp³-hybridized carbons (Fsp3) is 0.263. The molecule has 1 unspecified atom stereocenters. The predicted molar refractivity (Wildman–Crippen MR) is 100 cm³/mol. The SMILES string of the molecule is Cc1cc(OCC(=O)O)ccc1NC(=O)C(C)SCc1ccccc1. The Labute approximate surface area is 151 Å². The Morgan fingerprint density at radius 2 is 1.92 bits per heavy atom. The fourth-order valence-electron chi connectivity index (χ4n) is 2.12. The predicted octanol–water partition coefficient (Wildman–Crippen LogP) is 3.72. The van der Waals surface area contributed by atoms with Crippen molar-refractivity contribution in [3.05, 3.63) is 59.7 Å². The van der Waals surface area contributed by atoms with Gasteiger partial charge in [-0.3, -0.25) is 4.79 Å². The Balaban J connectivity index is 1.89. The lowest BCUT2D eigenvalue weighted by molar-refractivity contribution is -0.139. The highest BCUT2D eigenvalue weighted by Gasteiger charge is 2.15. The van der Waals surface area contributed by atoms with E-state index in [4.69, 9.17) is 9.84 Å². The van der Waals surface area contributed by atoms with E-state index in [1.54, 1.807) is 30.0 Å². The zero-order valence-corrected chi connectivity index (χ0v) is 15.0. The number of nitrogens with one attached hydrogen (secondary N) is 1. The molecule has 2 N–H and O–H groups in total. The quantitative estimate of drug-likeness (QED) is 0.751. The van der Waals surface area contributed by atoms with Crippen LogP contribution in [0.1, 0.15) is 18.1 Å². The number of aryl methyl sites for hydroxylation is 1. The molecule has 5 nitrogen and oxygen atoms in total. The maximum absolute atomic E-state index is 12.3. The molecule has 0 heterocycles. The largest absolute Gasteiger partial charge is 0.482 e. The van der Waals surface area contributed by atoms with E-state index < -0.39 is 12.6 Å². The standard InChI is InChI=1S/C19H21NO4S/c1-13-10-16(24-11-18(21)22)8-9-17(13)20-19(23)14(2)25-12-15-6-4-3-5-7-15/h3-10,14H,11-12H2,1-2H3,(H,20,23)(H,21,22). The number of amides is 1. The number of hydrogen-bond donors (Lipinski definition) is 2. The molecule has 1 atom stereocenters. The summed E-state index contributed by atoms with van der Waals surface area (Å²) in [5, 5.41) is 11.3. The second-order valence-corrected chi connectivity index (χ2v) is 6.92. The van der Waals surface area contributed by atoms with Crippen molar-refractivity contribution in [2.24, 2.45) is 0 Å². The summed E-state index contributed by atoms with van der Waals surface area (Å²) in [5.74, 6) is 0.142. The Hall–Kier alpha value is -2.47. The summed E-state index contributed by atoms with van der Waals surface area (Å²) < 4.78 is 5.13. The van der Waals surface area contributed by atoms with Crippen LogP contribution < -0.4 is 10.1 Å². The van der Waals surface area contributed by atoms with Gasteiger partial charge in [-0.1, -0.05) is 30.3 Å². The van der Waals surface area contributed by atoms with Crippen LogP contribution in [0.2, 0.25) is 0 Å². The van der Waals surface area contributed by atoms with Crippen LogP contribution in [0.15, 0.2) is 48.5 Å². The minimum absolute atomic E-state index is 0.0664. The van der Waals surface area contributed by atoms with Crippen molar-refractivity contribution in [3.8, 4) is 5.75 Å². The molecule has 0 aliphatic carbocycles. The first-order valence-corrected chi connectivity index (χ1v) is 8.92. The molecule has 0 aliphatic heterocycles. The molecule has 0 spiro atoms. The molecule has 0 saturated carbocycles. The van der Waals surface area contributed by atoms with Gasteiger partial charge >= 0.3 is 5.97 Å². The maximum atomic E-state index is 12.3. The molecule has 2 aromatic carbocycles. The molecule has 0 radical (unpaired) electrons. The third-order valence-corrected chi connectivity index (χ3v) is 4.74. The summed E-state index contributed by atoms with van der Waals surface area (Å²) in [5.41, 5.74) is 2.69. The molecule has 1 amide bonds. The third-order valence-electron chi connectivity index (χ3n) is 3.53. The van der Waals surface area contributed by atoms with Crippen molar-refractivity contribution in [1.82, 2.24) is 0 Å². The van der Waals surface area contributed by atoms with E-state index >= 15 is 0 Å². The zero-order chi connectivity index (χ0) is 18.2. The smallest absolute Gasteiger partial charge is 0.341 e. The molecule has 0 saturated heterocycles. The molecule has 0 aliphatic rings. The van der Waals surface area contributed by atoms with Crippen LogP contribution in [0.25, 0.3) is 0 Å². The van der Waals surface area contributed by atoms with E-state index in [2.05, 4.69) is 5.32 Å². The fourth-order valence-corrected chi connectivity index (χ4v) is 2.96. The van der Waals surface area contributed by atoms with Gasteiger partial charge in [0.25, 0.3) is 0 Å². The lowest BCUT2D eigenvalue weighted by atomic mass is 10.2. The summed E-state index contributed by atoms with van der Waals surface area (Å²) >= 11 is 1.58. The van der Waals surface area contributed by atoms with E-state index in [1.807, 2.05) is 44.2 Å². The lowest BCUT2D eigenvalue weighted by Gasteiger charge is -2.14. The number of anilines is 1. The summed E-state index contributed by atoms with van der Waals surface area (Å²) in [4.78, 5) is 22.9. The van der Waals surface area contributed by atoms with Crippen molar-refractivity contribution in [3.63, 3.8) is 0 Å². The molecule has 0 aromatic heterocycles. The Morgan fingerprint density at radius 1 is 1.20 bits per heavy atom. The molecule has 6 heteroatoms. The molecule has 132 valence electrons. The highest BCUT2D eigenvalue weighted by atomic mass is 32.2. The Bertz CT molecular complexity index is 733. The van der Waals surface area contributed by atoms with E-state index in [0.717, 1.165) is 11.3 Å². The summed E-state index contributed by atoms with van der Waals surface area (Å²) in [6.45, 7) is 3.33. The second-order valence-electron chi connectivity index (χ2n) is 5.59. The van der Waals surface area contributed by atoms with Gasteiger partial charge in [0.15, 0.2) is 6.61 Å². The summed E-state index contributed by atoms with van der Waals surface area (Å²) in [6, 6.07) is 15.1. The number of carbonyl (C=O) groups is 2. The first-order valence-electron chi connectivity index (χ1n) is 7.87. The van der Waals surface area contributed by atoms with Crippen molar-refractivity contribution >= 4 is 29.3 Å². The van der Waals surface area contributed by atoms with E-state index in [9.17, 15) is 9.59 Å². The number of thioether (sulfide) groups is 1. The molecule has 25 heavy (non-hydrogen) atoms. The second kappa shape index (κ2) is 9.13. The van der Waals surface area contributed by atoms with Crippen LogP contribution >= 0.6 is 11.8 Å². The number of rotatable bonds is 8. The Morgan fingerprint density at radius 3 is 2.56 bits per heavy atom. The van der Waals surface area contributed by atoms with Crippen molar-refractivity contribution in [2.75, 3.05) is 11.9 Å². The number of carboxylic acids is 1. The van der Waals surface area contributed by atoms with Crippen LogP contribution in [0.3, 0.4) is 0 Å². The first kappa shape index (κ1) is 18.9. The van der Waals surface area contributed by atoms with Gasteiger partial charge in [0, 0.05) is 11.4 Å². The van der Waals surface area contributed by atoms with Crippen LogP contribution in [0.5, 0.6) is 5.75 Å². The molecular weight excluding hydrogens is 338 g/mol. The highest BCUT2D eigenvalue weighted by molar-refractivity contribution is 7.99. The van der Waals surface area contributed by atoms with Crippen molar-refractivity contribution < 1.29 is 19.4 Å². The summed E-state index contributed by atoms with van der Waals surface area (Å²) in [6.07, 6.45) is 0. The van der Waals surface area contributed by atoms with Gasteiger partial charge in [0.2, 0.25) is 5.91 Å². The minimum atomic E-state index is -1.03. The number of carbonyl (C=O) groups excluding carboxylic acids is 1. The number of ether oxygens (including phenoxy) is 1. The molecule has 0 bridgehead atoms. The van der Waals surface area contributed by atoms with Crippen molar-refractivity contribution in [2.45, 2.75) is 24.9 Å². The van der Waals surface area contributed by atoms with Gasteiger partial charge in [0.1, 0.15) is 5.75 Å². The highest BCUT2D eigenvalue weighted by Crippen LogP contribution is 2.23. The minimum Gasteiger partial charge on any atom is -0.482 e. The van der Waals surface area contributed by atoms with Gasteiger partial charge < -0.3 is 15.2 Å². The lowest BCUT2D eigenvalue weighted by Crippen LogP contribution is -2.23. The van der Waals surface area contributed by atoms with Crippen LogP contribution in [0.4, 0.5) is 5.69 Å². The molecule has 2 aromatic rings. The average molecular weight is 359 g/mol. The number of hydrogen-bond acceptors (Lipinski definition) is 4. The monoisotopic (exact) mass is 359 g/mol. The molecule has 2 rings (SSSR count). The van der Waals surface area contributed by atoms with Crippen molar-refractivity contribution in [1.29, 1.82) is 0 Å². The molecular formula is C19H21NO4S. The summed E-state index contributed by atoms with van der Waals surface area (Å²) in [7, 11) is 0. The number of aliphatic carboxylic acids is 1. The van der Waals surface area contributed by atoms with E-state index in [-0.39, 0.29) is 11.2 Å². The van der Waals surface area contributed by atoms with Gasteiger partial charge in [-0.05, 0) is 43.2 Å². The van der Waals surface area contributed by atoms with Gasteiger partial charge in [-0.15, -0.1) is 11.8 Å². The Kier molecular flexibility index (Phi) is 6.89. The topological polar surface area (TPSA) is 75.6 Å². The van der Waals surface area contributed by atoms with Gasteiger partial charge in [0.05, 0.1) is 5.25 Å². The van der Waals surface area contributed by atoms with E-state index in [1.165, 1.54) is 5.56 Å². The molecule has 0 fully saturated rings. The van der Waals surface area contributed by atoms with Crippen LogP contribution in [-0.2, 0) is 15.3 Å². The van der Waals surface area contributed by atoms with Crippen LogP contribution in [0, 0.1) is 6.92 Å². The normalized spacial score (nSPS) is 11.6. The van der Waals surface area contributed by atoms with Crippen LogP contribution in [-0.4, -0.2) is 28.8 Å². The maximum Gasteiger partial charge on any atom is 0.341 e. The number of benzene rings is 2. The van der Waals surface area contributed by atoms with Gasteiger partial charge in [-0.2, -0.15) is 0 Å². The average Bonchev–Trinajstić information content (AvgIpc) is 2.60. The zero-order valence-electron chi connectivity index (χ0n) is 14.2.